The van der Waals surface area contributed by atoms with Gasteiger partial charge in [0.15, 0.2) is 0 Å². The minimum Gasteiger partial charge on any atom is -0.507 e. The first-order valence-corrected chi connectivity index (χ1v) is 7.18. The first kappa shape index (κ1) is 16.9. The highest BCUT2D eigenvalue weighted by atomic mass is 35.5. The summed E-state index contributed by atoms with van der Waals surface area (Å²) >= 11 is 11.7. The summed E-state index contributed by atoms with van der Waals surface area (Å²) in [4.78, 5) is 23.6. The van der Waals surface area contributed by atoms with E-state index < -0.39 is 11.8 Å². The van der Waals surface area contributed by atoms with Gasteiger partial charge in [0.05, 0.1) is 5.56 Å². The number of anilines is 2. The molecule has 0 aliphatic rings. The summed E-state index contributed by atoms with van der Waals surface area (Å²) in [7, 11) is 0. The first-order chi connectivity index (χ1) is 10.9. The number of rotatable bonds is 4. The van der Waals surface area contributed by atoms with Gasteiger partial charge in [-0.3, -0.25) is 9.59 Å². The second-order valence-electron chi connectivity index (χ2n) is 4.54. The number of hydrogen-bond donors (Lipinski definition) is 3. The van der Waals surface area contributed by atoms with Crippen LogP contribution >= 0.6 is 23.2 Å². The number of carbonyl (C=O) groups is 2. The molecule has 0 aromatic heterocycles. The molecule has 5 nitrogen and oxygen atoms in total. The second kappa shape index (κ2) is 7.17. The smallest absolute Gasteiger partial charge is 0.259 e. The molecule has 0 aliphatic carbocycles. The molecule has 2 rings (SSSR count). The quantitative estimate of drug-likeness (QED) is 0.574. The molecule has 0 bridgehead atoms. The van der Waals surface area contributed by atoms with Gasteiger partial charge in [-0.2, -0.15) is 0 Å². The van der Waals surface area contributed by atoms with Gasteiger partial charge < -0.3 is 15.7 Å². The van der Waals surface area contributed by atoms with Crippen molar-refractivity contribution in [3.8, 4) is 5.75 Å². The fourth-order valence-corrected chi connectivity index (χ4v) is 2.34. The predicted molar refractivity (Wildman–Crippen MR) is 91.3 cm³/mol. The maximum atomic E-state index is 12.3. The molecule has 23 heavy (non-hydrogen) atoms. The van der Waals surface area contributed by atoms with E-state index in [1.54, 1.807) is 0 Å². The average Bonchev–Trinajstić information content (AvgIpc) is 2.47. The van der Waals surface area contributed by atoms with Crippen molar-refractivity contribution in [2.24, 2.45) is 0 Å². The molecule has 0 spiro atoms. The van der Waals surface area contributed by atoms with Crippen molar-refractivity contribution in [3.63, 3.8) is 0 Å². The Morgan fingerprint density at radius 1 is 1.00 bits per heavy atom. The number of amides is 2. The van der Waals surface area contributed by atoms with Crippen LogP contribution in [0.3, 0.4) is 0 Å². The molecule has 2 amide bonds. The van der Waals surface area contributed by atoms with E-state index in [0.29, 0.717) is 21.4 Å². The zero-order chi connectivity index (χ0) is 17.0. The van der Waals surface area contributed by atoms with Crippen molar-refractivity contribution in [2.75, 3.05) is 10.6 Å². The molecule has 0 atom stereocenters. The number of phenols is 1. The molecular formula is C16H12Cl2N2O3. The Morgan fingerprint density at radius 3 is 2.26 bits per heavy atom. The fourth-order valence-electron chi connectivity index (χ4n) is 1.81. The molecule has 0 saturated carbocycles. The number of aromatic hydroxyl groups is 1. The standard InChI is InChI=1S/C16H12Cl2N2O3/c1-2-15(22)19-11-3-4-14(21)13(8-11)16(23)20-12-6-9(17)5-10(18)7-12/h2-8,21H,1H2,(H,19,22)(H,20,23). The highest BCUT2D eigenvalue weighted by Gasteiger charge is 2.13. The molecule has 0 saturated heterocycles. The van der Waals surface area contributed by atoms with Crippen molar-refractivity contribution in [1.29, 1.82) is 0 Å². The van der Waals surface area contributed by atoms with Gasteiger partial charge in [0.25, 0.3) is 5.91 Å². The first-order valence-electron chi connectivity index (χ1n) is 6.43. The van der Waals surface area contributed by atoms with E-state index in [0.717, 1.165) is 6.08 Å². The molecule has 7 heteroatoms. The summed E-state index contributed by atoms with van der Waals surface area (Å²) in [6, 6.07) is 8.68. The molecule has 3 N–H and O–H groups in total. The van der Waals surface area contributed by atoms with Gasteiger partial charge in [-0.25, -0.2) is 0 Å². The Kier molecular flexibility index (Phi) is 5.26. The lowest BCUT2D eigenvalue weighted by atomic mass is 10.1. The van der Waals surface area contributed by atoms with Crippen molar-refractivity contribution in [1.82, 2.24) is 0 Å². The highest BCUT2D eigenvalue weighted by Crippen LogP contribution is 2.25. The normalized spacial score (nSPS) is 10.0. The van der Waals surface area contributed by atoms with Crippen LogP contribution < -0.4 is 10.6 Å². The summed E-state index contributed by atoms with van der Waals surface area (Å²) in [5.41, 5.74) is 0.720. The van der Waals surface area contributed by atoms with Crippen molar-refractivity contribution in [3.05, 3.63) is 64.7 Å². The number of hydrogen-bond acceptors (Lipinski definition) is 3. The van der Waals surface area contributed by atoms with E-state index >= 15 is 0 Å². The Balaban J connectivity index is 2.25. The van der Waals surface area contributed by atoms with Gasteiger partial charge in [-0.1, -0.05) is 29.8 Å². The topological polar surface area (TPSA) is 78.4 Å². The fraction of sp³-hybridized carbons (Fsp3) is 0. The molecule has 0 aliphatic heterocycles. The van der Waals surface area contributed by atoms with Crippen LogP contribution in [-0.2, 0) is 4.79 Å². The van der Waals surface area contributed by atoms with E-state index in [2.05, 4.69) is 17.2 Å². The number of carbonyl (C=O) groups excluding carboxylic acids is 2. The van der Waals surface area contributed by atoms with Crippen LogP contribution in [-0.4, -0.2) is 16.9 Å². The van der Waals surface area contributed by atoms with Crippen LogP contribution in [0.5, 0.6) is 5.75 Å². The Bertz CT molecular complexity index is 771. The average molecular weight is 351 g/mol. The SMILES string of the molecule is C=CC(=O)Nc1ccc(O)c(C(=O)Nc2cc(Cl)cc(Cl)c2)c1. The number of benzene rings is 2. The maximum absolute atomic E-state index is 12.3. The lowest BCUT2D eigenvalue weighted by Gasteiger charge is -2.10. The van der Waals surface area contributed by atoms with Crippen LogP contribution in [0.1, 0.15) is 10.4 Å². The van der Waals surface area contributed by atoms with E-state index in [4.69, 9.17) is 23.2 Å². The van der Waals surface area contributed by atoms with Crippen molar-refractivity contribution < 1.29 is 14.7 Å². The van der Waals surface area contributed by atoms with Gasteiger partial charge in [-0.15, -0.1) is 0 Å². The minimum absolute atomic E-state index is 0.0111. The molecule has 0 unspecified atom stereocenters. The van der Waals surface area contributed by atoms with E-state index in [1.165, 1.54) is 36.4 Å². The zero-order valence-corrected chi connectivity index (χ0v) is 13.3. The summed E-state index contributed by atoms with van der Waals surface area (Å²) in [6.07, 6.45) is 1.10. The van der Waals surface area contributed by atoms with Gasteiger partial charge in [0.1, 0.15) is 5.75 Å². The number of halogens is 2. The molecule has 0 fully saturated rings. The zero-order valence-electron chi connectivity index (χ0n) is 11.8. The van der Waals surface area contributed by atoms with Crippen LogP contribution in [0.2, 0.25) is 10.0 Å². The predicted octanol–water partition coefficient (Wildman–Crippen LogP) is 4.08. The molecule has 2 aromatic carbocycles. The third kappa shape index (κ3) is 4.48. The largest absolute Gasteiger partial charge is 0.507 e. The highest BCUT2D eigenvalue weighted by molar-refractivity contribution is 6.35. The molecule has 0 heterocycles. The van der Waals surface area contributed by atoms with Crippen molar-refractivity contribution >= 4 is 46.4 Å². The van der Waals surface area contributed by atoms with Crippen LogP contribution in [0.25, 0.3) is 0 Å². The number of nitrogens with one attached hydrogen (secondary N) is 2. The van der Waals surface area contributed by atoms with E-state index in [1.807, 2.05) is 0 Å². The van der Waals surface area contributed by atoms with Gasteiger partial charge in [-0.05, 0) is 42.5 Å². The maximum Gasteiger partial charge on any atom is 0.259 e. The Hall–Kier alpha value is -2.50. The molecule has 2 aromatic rings. The van der Waals surface area contributed by atoms with Gasteiger partial charge in [0.2, 0.25) is 5.91 Å². The minimum atomic E-state index is -0.574. The summed E-state index contributed by atoms with van der Waals surface area (Å²) in [5.74, 6) is -1.23. The Labute approximate surface area is 142 Å². The van der Waals surface area contributed by atoms with Gasteiger partial charge >= 0.3 is 0 Å². The van der Waals surface area contributed by atoms with Crippen LogP contribution in [0, 0.1) is 0 Å². The second-order valence-corrected chi connectivity index (χ2v) is 5.41. The third-order valence-electron chi connectivity index (χ3n) is 2.81. The van der Waals surface area contributed by atoms with E-state index in [9.17, 15) is 14.7 Å². The Morgan fingerprint density at radius 2 is 1.65 bits per heavy atom. The summed E-state index contributed by atoms with van der Waals surface area (Å²) in [5, 5.41) is 15.6. The molecule has 118 valence electrons. The van der Waals surface area contributed by atoms with Crippen LogP contribution in [0.4, 0.5) is 11.4 Å². The lowest BCUT2D eigenvalue weighted by Crippen LogP contribution is -2.13. The third-order valence-corrected chi connectivity index (χ3v) is 3.25. The lowest BCUT2D eigenvalue weighted by molar-refractivity contribution is -0.111. The summed E-state index contributed by atoms with van der Waals surface area (Å²) < 4.78 is 0. The van der Waals surface area contributed by atoms with E-state index in [-0.39, 0.29) is 11.3 Å². The molecular weight excluding hydrogens is 339 g/mol. The molecule has 0 radical (unpaired) electrons. The van der Waals surface area contributed by atoms with Crippen LogP contribution in [0.15, 0.2) is 49.1 Å². The number of phenolic OH excluding ortho intramolecular Hbond substituents is 1. The van der Waals surface area contributed by atoms with Gasteiger partial charge in [0, 0.05) is 21.4 Å². The monoisotopic (exact) mass is 350 g/mol. The van der Waals surface area contributed by atoms with Crippen molar-refractivity contribution in [2.45, 2.75) is 0 Å². The summed E-state index contributed by atoms with van der Waals surface area (Å²) in [6.45, 7) is 3.34.